The fraction of sp³-hybridized carbons (Fsp3) is 0.176. The molecule has 0 unspecified atom stereocenters. The van der Waals surface area contributed by atoms with Crippen molar-refractivity contribution in [2.24, 2.45) is 5.73 Å². The standard InChI is InChI=1S/C17H16N4O2S/c18-5-7-19-9-11-10-22-14-8-12(3-4-13(11)14)23-17-21-16-15(24-17)2-1-6-20-16/h1-4,6,8,10,19H,5,7,9,18H2. The Bertz CT molecular complexity index is 946. The molecule has 0 saturated carbocycles. The van der Waals surface area contributed by atoms with E-state index < -0.39 is 0 Å². The topological polar surface area (TPSA) is 86.2 Å². The first-order chi connectivity index (χ1) is 11.8. The Morgan fingerprint density at radius 3 is 3.12 bits per heavy atom. The smallest absolute Gasteiger partial charge is 0.281 e. The molecule has 3 aromatic heterocycles. The highest BCUT2D eigenvalue weighted by molar-refractivity contribution is 7.20. The minimum atomic E-state index is 0.569. The van der Waals surface area contributed by atoms with Gasteiger partial charge in [-0.1, -0.05) is 11.3 Å². The lowest BCUT2D eigenvalue weighted by molar-refractivity contribution is 0.479. The number of aromatic nitrogens is 2. The molecule has 0 bridgehead atoms. The predicted molar refractivity (Wildman–Crippen MR) is 94.5 cm³/mol. The van der Waals surface area contributed by atoms with E-state index in [4.69, 9.17) is 14.9 Å². The summed E-state index contributed by atoms with van der Waals surface area (Å²) in [7, 11) is 0. The Hall–Kier alpha value is -2.48. The van der Waals surface area contributed by atoms with Crippen molar-refractivity contribution in [2.75, 3.05) is 13.1 Å². The first-order valence-electron chi connectivity index (χ1n) is 7.64. The van der Waals surface area contributed by atoms with Crippen LogP contribution < -0.4 is 15.8 Å². The summed E-state index contributed by atoms with van der Waals surface area (Å²) in [5, 5.41) is 4.90. The average Bonchev–Trinajstić information content (AvgIpc) is 3.18. The van der Waals surface area contributed by atoms with Crippen LogP contribution in [-0.2, 0) is 6.54 Å². The normalized spacial score (nSPS) is 11.4. The minimum absolute atomic E-state index is 0.569. The summed E-state index contributed by atoms with van der Waals surface area (Å²) in [5.74, 6) is 0.692. The molecule has 0 spiro atoms. The molecule has 0 aliphatic heterocycles. The van der Waals surface area contributed by atoms with E-state index in [1.165, 1.54) is 11.3 Å². The van der Waals surface area contributed by atoms with Crippen molar-refractivity contribution in [3.8, 4) is 10.9 Å². The first kappa shape index (κ1) is 15.1. The number of nitrogens with zero attached hydrogens (tertiary/aromatic N) is 2. The number of benzene rings is 1. The summed E-state index contributed by atoms with van der Waals surface area (Å²) in [4.78, 5) is 8.59. The maximum absolute atomic E-state index is 5.85. The average molecular weight is 340 g/mol. The van der Waals surface area contributed by atoms with E-state index in [0.717, 1.165) is 34.3 Å². The zero-order valence-corrected chi connectivity index (χ0v) is 13.7. The van der Waals surface area contributed by atoms with Crippen LogP contribution in [-0.4, -0.2) is 23.1 Å². The number of fused-ring (bicyclic) bond motifs is 2. The fourth-order valence-electron chi connectivity index (χ4n) is 2.48. The minimum Gasteiger partial charge on any atom is -0.464 e. The van der Waals surface area contributed by atoms with Gasteiger partial charge in [-0.15, -0.1) is 0 Å². The van der Waals surface area contributed by atoms with Crippen molar-refractivity contribution in [3.05, 3.63) is 48.4 Å². The van der Waals surface area contributed by atoms with Crippen LogP contribution in [0.5, 0.6) is 10.9 Å². The van der Waals surface area contributed by atoms with Crippen LogP contribution in [0.2, 0.25) is 0 Å². The monoisotopic (exact) mass is 340 g/mol. The van der Waals surface area contributed by atoms with Gasteiger partial charge in [-0.05, 0) is 24.3 Å². The van der Waals surface area contributed by atoms with Crippen molar-refractivity contribution in [1.82, 2.24) is 15.3 Å². The van der Waals surface area contributed by atoms with Crippen LogP contribution in [0.25, 0.3) is 21.3 Å². The van der Waals surface area contributed by atoms with Gasteiger partial charge in [0.25, 0.3) is 5.19 Å². The van der Waals surface area contributed by atoms with Gasteiger partial charge < -0.3 is 20.2 Å². The van der Waals surface area contributed by atoms with Gasteiger partial charge in [0.15, 0.2) is 5.65 Å². The second-order valence-electron chi connectivity index (χ2n) is 5.29. The zero-order valence-electron chi connectivity index (χ0n) is 12.9. The Labute approximate surface area is 142 Å². The van der Waals surface area contributed by atoms with E-state index in [1.54, 1.807) is 12.5 Å². The van der Waals surface area contributed by atoms with Crippen LogP contribution in [0.15, 0.2) is 47.2 Å². The van der Waals surface area contributed by atoms with Crippen LogP contribution in [0.3, 0.4) is 0 Å². The van der Waals surface area contributed by atoms with Gasteiger partial charge in [0.2, 0.25) is 0 Å². The van der Waals surface area contributed by atoms with Crippen molar-refractivity contribution in [1.29, 1.82) is 0 Å². The molecular formula is C17H16N4O2S. The van der Waals surface area contributed by atoms with Gasteiger partial charge in [0, 0.05) is 42.8 Å². The molecule has 6 nitrogen and oxygen atoms in total. The zero-order chi connectivity index (χ0) is 16.4. The van der Waals surface area contributed by atoms with Crippen LogP contribution >= 0.6 is 11.3 Å². The van der Waals surface area contributed by atoms with Crippen molar-refractivity contribution >= 4 is 32.7 Å². The number of furan rings is 1. The van der Waals surface area contributed by atoms with Crippen molar-refractivity contribution < 1.29 is 9.15 Å². The molecule has 4 rings (SSSR count). The third-order valence-electron chi connectivity index (χ3n) is 3.61. The van der Waals surface area contributed by atoms with Gasteiger partial charge in [0.05, 0.1) is 11.0 Å². The van der Waals surface area contributed by atoms with E-state index in [9.17, 15) is 0 Å². The molecule has 3 heterocycles. The second-order valence-corrected chi connectivity index (χ2v) is 6.28. The maximum Gasteiger partial charge on any atom is 0.281 e. The highest BCUT2D eigenvalue weighted by atomic mass is 32.1. The number of nitrogens with two attached hydrogens (primary N) is 1. The quantitative estimate of drug-likeness (QED) is 0.524. The number of hydrogen-bond donors (Lipinski definition) is 2. The van der Waals surface area contributed by atoms with E-state index >= 15 is 0 Å². The van der Waals surface area contributed by atoms with Gasteiger partial charge >= 0.3 is 0 Å². The summed E-state index contributed by atoms with van der Waals surface area (Å²) in [6.07, 6.45) is 3.49. The van der Waals surface area contributed by atoms with Crippen LogP contribution in [0.4, 0.5) is 0 Å². The van der Waals surface area contributed by atoms with Gasteiger partial charge in [-0.3, -0.25) is 0 Å². The molecule has 0 amide bonds. The van der Waals surface area contributed by atoms with E-state index in [-0.39, 0.29) is 0 Å². The third kappa shape index (κ3) is 2.96. The molecular weight excluding hydrogens is 324 g/mol. The summed E-state index contributed by atoms with van der Waals surface area (Å²) in [6.45, 7) is 2.12. The molecule has 0 aliphatic carbocycles. The Balaban J connectivity index is 1.56. The lowest BCUT2D eigenvalue weighted by atomic mass is 10.1. The molecule has 122 valence electrons. The summed E-state index contributed by atoms with van der Waals surface area (Å²) in [6, 6.07) is 9.66. The number of pyridine rings is 1. The fourth-order valence-corrected chi connectivity index (χ4v) is 3.28. The van der Waals surface area contributed by atoms with Crippen LogP contribution in [0, 0.1) is 0 Å². The second kappa shape index (κ2) is 6.56. The Kier molecular flexibility index (Phi) is 4.12. The number of rotatable bonds is 6. The lowest BCUT2D eigenvalue weighted by Gasteiger charge is -2.02. The first-order valence-corrected chi connectivity index (χ1v) is 8.45. The molecule has 0 atom stereocenters. The number of hydrogen-bond acceptors (Lipinski definition) is 7. The summed E-state index contributed by atoms with van der Waals surface area (Å²) < 4.78 is 12.5. The maximum atomic E-state index is 5.85. The summed E-state index contributed by atoms with van der Waals surface area (Å²) in [5.41, 5.74) is 8.08. The van der Waals surface area contributed by atoms with Crippen molar-refractivity contribution in [3.63, 3.8) is 0 Å². The number of thiazole rings is 1. The molecule has 0 radical (unpaired) electrons. The van der Waals surface area contributed by atoms with E-state index in [0.29, 0.717) is 23.1 Å². The predicted octanol–water partition coefficient (Wildman–Crippen LogP) is 3.28. The van der Waals surface area contributed by atoms with Crippen LogP contribution in [0.1, 0.15) is 5.56 Å². The van der Waals surface area contributed by atoms with Gasteiger partial charge in [0.1, 0.15) is 11.3 Å². The molecule has 0 aliphatic rings. The molecule has 4 aromatic rings. The third-order valence-corrected chi connectivity index (χ3v) is 4.50. The lowest BCUT2D eigenvalue weighted by Crippen LogP contribution is -2.21. The van der Waals surface area contributed by atoms with Gasteiger partial charge in [-0.2, -0.15) is 4.98 Å². The number of nitrogens with one attached hydrogen (secondary N) is 1. The Morgan fingerprint density at radius 2 is 2.25 bits per heavy atom. The SMILES string of the molecule is NCCNCc1coc2cc(Oc3nc4ncccc4s3)ccc12. The molecule has 0 fully saturated rings. The molecule has 0 saturated heterocycles. The summed E-state index contributed by atoms with van der Waals surface area (Å²) >= 11 is 1.47. The Morgan fingerprint density at radius 1 is 1.29 bits per heavy atom. The van der Waals surface area contributed by atoms with Gasteiger partial charge in [-0.25, -0.2) is 4.98 Å². The largest absolute Gasteiger partial charge is 0.464 e. The molecule has 7 heteroatoms. The van der Waals surface area contributed by atoms with E-state index in [2.05, 4.69) is 15.3 Å². The number of ether oxygens (including phenoxy) is 1. The van der Waals surface area contributed by atoms with Crippen molar-refractivity contribution in [2.45, 2.75) is 6.54 Å². The van der Waals surface area contributed by atoms with E-state index in [1.807, 2.05) is 30.3 Å². The highest BCUT2D eigenvalue weighted by Gasteiger charge is 2.10. The molecule has 1 aromatic carbocycles. The molecule has 3 N–H and O–H groups in total. The molecule has 24 heavy (non-hydrogen) atoms. The highest BCUT2D eigenvalue weighted by Crippen LogP contribution is 2.32.